The van der Waals surface area contributed by atoms with Gasteiger partial charge in [-0.15, -0.1) is 0 Å². The van der Waals surface area contributed by atoms with Crippen molar-refractivity contribution in [2.45, 2.75) is 17.5 Å². The van der Waals surface area contributed by atoms with Crippen molar-refractivity contribution in [3.05, 3.63) is 87.1 Å². The summed E-state index contributed by atoms with van der Waals surface area (Å²) in [5.41, 5.74) is -2.96. The zero-order valence-corrected chi connectivity index (χ0v) is 19.0. The quantitative estimate of drug-likeness (QED) is 0.545. The summed E-state index contributed by atoms with van der Waals surface area (Å²) in [4.78, 5) is 39.8. The van der Waals surface area contributed by atoms with Gasteiger partial charge < -0.3 is 19.9 Å². The Balaban J connectivity index is 1.55. The molecule has 2 N–H and O–H groups in total. The highest BCUT2D eigenvalue weighted by atomic mass is 32.2. The maximum atomic E-state index is 13.9. The Morgan fingerprint density at radius 2 is 1.78 bits per heavy atom. The molecule has 2 bridgehead atoms. The van der Waals surface area contributed by atoms with Crippen LogP contribution in [0.1, 0.15) is 32.5 Å². The minimum absolute atomic E-state index is 0.0857. The number of anilines is 1. The first-order valence-corrected chi connectivity index (χ1v) is 12.2. The van der Waals surface area contributed by atoms with E-state index in [-0.39, 0.29) is 17.1 Å². The topological polar surface area (TPSA) is 126 Å². The number of hydrogen-bond acceptors (Lipinski definition) is 6. The van der Waals surface area contributed by atoms with E-state index in [1.54, 1.807) is 6.07 Å². The van der Waals surface area contributed by atoms with Gasteiger partial charge in [-0.1, -0.05) is 12.1 Å². The second-order valence-corrected chi connectivity index (χ2v) is 10.3. The SMILES string of the molecule is O=C(NCc1c(F)cc(F)cc1F)c1cn2c(c(O)c1=O)C(=O)N1CC2CS(=O)(=O)c2ccccc21. The van der Waals surface area contributed by atoms with Crippen LogP contribution in [0.4, 0.5) is 18.9 Å². The molecule has 13 heteroatoms. The Morgan fingerprint density at radius 1 is 1.11 bits per heavy atom. The number of nitrogens with one attached hydrogen (secondary N) is 1. The van der Waals surface area contributed by atoms with E-state index in [4.69, 9.17) is 0 Å². The van der Waals surface area contributed by atoms with Crippen LogP contribution in [0.3, 0.4) is 0 Å². The lowest BCUT2D eigenvalue weighted by molar-refractivity contribution is 0.0930. The summed E-state index contributed by atoms with van der Waals surface area (Å²) in [6.07, 6.45) is 0.940. The number of pyridine rings is 1. The van der Waals surface area contributed by atoms with Gasteiger partial charge in [-0.3, -0.25) is 14.4 Å². The Morgan fingerprint density at radius 3 is 2.47 bits per heavy atom. The Labute approximate surface area is 201 Å². The number of halogens is 3. The van der Waals surface area contributed by atoms with Crippen molar-refractivity contribution in [2.24, 2.45) is 0 Å². The van der Waals surface area contributed by atoms with Crippen LogP contribution in [-0.2, 0) is 16.4 Å². The summed E-state index contributed by atoms with van der Waals surface area (Å²) >= 11 is 0. The highest BCUT2D eigenvalue weighted by Crippen LogP contribution is 2.38. The lowest BCUT2D eigenvalue weighted by Gasteiger charge is -2.34. The number of sulfone groups is 1. The molecule has 0 saturated carbocycles. The number of aromatic nitrogens is 1. The third-order valence-electron chi connectivity index (χ3n) is 6.12. The minimum Gasteiger partial charge on any atom is -0.503 e. The van der Waals surface area contributed by atoms with E-state index < -0.39 is 85.4 Å². The molecule has 5 rings (SSSR count). The molecular formula is C23H16F3N3O6S. The number of nitrogens with zero attached hydrogens (tertiary/aromatic N) is 2. The van der Waals surface area contributed by atoms with Crippen molar-refractivity contribution in [1.29, 1.82) is 0 Å². The van der Waals surface area contributed by atoms with Gasteiger partial charge in [-0.05, 0) is 12.1 Å². The maximum Gasteiger partial charge on any atom is 0.279 e. The highest BCUT2D eigenvalue weighted by Gasteiger charge is 2.42. The summed E-state index contributed by atoms with van der Waals surface area (Å²) in [6, 6.07) is 5.72. The predicted octanol–water partition coefficient (Wildman–Crippen LogP) is 1.89. The van der Waals surface area contributed by atoms with Crippen molar-refractivity contribution in [2.75, 3.05) is 17.2 Å². The number of rotatable bonds is 3. The van der Waals surface area contributed by atoms with Crippen LogP contribution < -0.4 is 15.6 Å². The standard InChI is InChI=1S/C23H16F3N3O6S/c24-11-5-15(25)13(16(26)6-11)7-27-22(32)14-9-28-12-8-29(23(33)19(28)21(31)20(14)30)17-3-1-2-4-18(17)36(34,35)10-12/h1-6,9,12,31H,7-8,10H2,(H,27,32). The number of hydrogen-bond donors (Lipinski definition) is 2. The van der Waals surface area contributed by atoms with Crippen LogP contribution in [0.2, 0.25) is 0 Å². The summed E-state index contributed by atoms with van der Waals surface area (Å²) < 4.78 is 68.0. The molecule has 0 fully saturated rings. The van der Waals surface area contributed by atoms with Gasteiger partial charge in [-0.2, -0.15) is 0 Å². The van der Waals surface area contributed by atoms with E-state index >= 15 is 0 Å². The molecule has 0 spiro atoms. The molecule has 186 valence electrons. The average molecular weight is 519 g/mol. The van der Waals surface area contributed by atoms with E-state index in [9.17, 15) is 41.1 Å². The maximum absolute atomic E-state index is 13.9. The van der Waals surface area contributed by atoms with Crippen molar-refractivity contribution < 1.29 is 36.3 Å². The van der Waals surface area contributed by atoms with Crippen LogP contribution in [0.5, 0.6) is 5.75 Å². The van der Waals surface area contributed by atoms with Gasteiger partial charge in [0.05, 0.1) is 22.4 Å². The Kier molecular flexibility index (Phi) is 5.39. The monoisotopic (exact) mass is 519 g/mol. The van der Waals surface area contributed by atoms with Crippen LogP contribution in [-0.4, -0.2) is 42.2 Å². The molecular weight excluding hydrogens is 503 g/mol. The molecule has 0 saturated heterocycles. The van der Waals surface area contributed by atoms with Crippen molar-refractivity contribution in [3.8, 4) is 5.75 Å². The summed E-state index contributed by atoms with van der Waals surface area (Å²) in [5.74, 6) is -7.22. The average Bonchev–Trinajstić information content (AvgIpc) is 2.91. The minimum atomic E-state index is -3.90. The first-order chi connectivity index (χ1) is 17.0. The number of fused-ring (bicyclic) bond motifs is 6. The van der Waals surface area contributed by atoms with Crippen molar-refractivity contribution >= 4 is 27.3 Å². The summed E-state index contributed by atoms with van der Waals surface area (Å²) in [7, 11) is -3.90. The second kappa shape index (κ2) is 8.22. The third-order valence-corrected chi connectivity index (χ3v) is 7.96. The number of carbonyl (C=O) groups is 2. The molecule has 0 radical (unpaired) electrons. The first-order valence-electron chi connectivity index (χ1n) is 10.5. The number of amides is 2. The Hall–Kier alpha value is -4.13. The van der Waals surface area contributed by atoms with Crippen molar-refractivity contribution in [1.82, 2.24) is 9.88 Å². The fourth-order valence-electron chi connectivity index (χ4n) is 4.42. The first kappa shape index (κ1) is 23.6. The van der Waals surface area contributed by atoms with Gasteiger partial charge >= 0.3 is 0 Å². The van der Waals surface area contributed by atoms with Gasteiger partial charge in [0.2, 0.25) is 5.43 Å². The van der Waals surface area contributed by atoms with Crippen LogP contribution in [0.25, 0.3) is 0 Å². The van der Waals surface area contributed by atoms with Crippen LogP contribution >= 0.6 is 0 Å². The smallest absolute Gasteiger partial charge is 0.279 e. The largest absolute Gasteiger partial charge is 0.503 e. The van der Waals surface area contributed by atoms with E-state index in [0.29, 0.717) is 12.1 Å². The van der Waals surface area contributed by atoms with E-state index in [0.717, 1.165) is 15.7 Å². The molecule has 2 aromatic carbocycles. The van der Waals surface area contributed by atoms with Crippen LogP contribution in [0, 0.1) is 17.5 Å². The molecule has 2 aliphatic heterocycles. The summed E-state index contributed by atoms with van der Waals surface area (Å²) in [6.45, 7) is -0.865. The van der Waals surface area contributed by atoms with Gasteiger partial charge in [0, 0.05) is 37.0 Å². The third kappa shape index (κ3) is 3.63. The molecule has 3 heterocycles. The zero-order chi connectivity index (χ0) is 25.9. The second-order valence-electron chi connectivity index (χ2n) is 8.33. The van der Waals surface area contributed by atoms with Crippen LogP contribution in [0.15, 0.2) is 52.3 Å². The zero-order valence-electron chi connectivity index (χ0n) is 18.2. The Bertz CT molecular complexity index is 1610. The van der Waals surface area contributed by atoms with E-state index in [2.05, 4.69) is 5.32 Å². The van der Waals surface area contributed by atoms with Gasteiger partial charge in [0.25, 0.3) is 11.8 Å². The van der Waals surface area contributed by atoms with E-state index in [1.165, 1.54) is 18.2 Å². The number of benzene rings is 2. The normalized spacial score (nSPS) is 17.7. The molecule has 1 aromatic heterocycles. The van der Waals surface area contributed by atoms with E-state index in [1.807, 2.05) is 0 Å². The number of carbonyl (C=O) groups excluding carboxylic acids is 2. The molecule has 3 aromatic rings. The fraction of sp³-hybridized carbons (Fsp3) is 0.174. The molecule has 2 amide bonds. The highest BCUT2D eigenvalue weighted by molar-refractivity contribution is 7.91. The number of aromatic hydroxyl groups is 1. The lowest BCUT2D eigenvalue weighted by Crippen LogP contribution is -2.45. The predicted molar refractivity (Wildman–Crippen MR) is 119 cm³/mol. The lowest BCUT2D eigenvalue weighted by atomic mass is 10.1. The molecule has 1 atom stereocenters. The van der Waals surface area contributed by atoms with Crippen molar-refractivity contribution in [3.63, 3.8) is 0 Å². The van der Waals surface area contributed by atoms with Gasteiger partial charge in [0.1, 0.15) is 23.0 Å². The molecule has 9 nitrogen and oxygen atoms in total. The van der Waals surface area contributed by atoms with Gasteiger partial charge in [0.15, 0.2) is 21.3 Å². The number of para-hydroxylation sites is 1. The van der Waals surface area contributed by atoms with Gasteiger partial charge in [-0.25, -0.2) is 21.6 Å². The fourth-order valence-corrected chi connectivity index (χ4v) is 6.16. The molecule has 2 aliphatic rings. The molecule has 36 heavy (non-hydrogen) atoms. The molecule has 1 unspecified atom stereocenters. The molecule has 0 aliphatic carbocycles. The summed E-state index contributed by atoms with van der Waals surface area (Å²) in [5, 5.41) is 12.7.